The quantitative estimate of drug-likeness (QED) is 0.126. The topological polar surface area (TPSA) is 6.48 Å². The molecule has 10 rings (SSSR count). The number of anilines is 6. The summed E-state index contributed by atoms with van der Waals surface area (Å²) in [4.78, 5) is 5.15. The Morgan fingerprint density at radius 3 is 0.956 bits per heavy atom. The fourth-order valence-electron chi connectivity index (χ4n) is 11.3. The summed E-state index contributed by atoms with van der Waals surface area (Å²) < 4.78 is 0. The molecule has 0 unspecified atom stereocenters. The molecule has 338 valence electrons. The van der Waals surface area contributed by atoms with Crippen molar-refractivity contribution >= 4 is 66.4 Å². The summed E-state index contributed by atoms with van der Waals surface area (Å²) in [6.07, 6.45) is 0. The van der Waals surface area contributed by atoms with Gasteiger partial charge in [-0.3, -0.25) is 0 Å². The minimum Gasteiger partial charge on any atom is -0.309 e. The summed E-state index contributed by atoms with van der Waals surface area (Å²) in [5.74, 6) is 0.559. The van der Waals surface area contributed by atoms with Gasteiger partial charge in [-0.15, -0.1) is 0 Å². The third-order valence-electron chi connectivity index (χ3n) is 14.8. The molecule has 2 heteroatoms. The lowest BCUT2D eigenvalue weighted by atomic mass is 9.83. The Balaban J connectivity index is 1.33. The van der Waals surface area contributed by atoms with E-state index in [1.807, 2.05) is 0 Å². The van der Waals surface area contributed by atoms with Gasteiger partial charge in [0.15, 0.2) is 0 Å². The predicted molar refractivity (Wildman–Crippen MR) is 296 cm³/mol. The van der Waals surface area contributed by atoms with Crippen LogP contribution in [0.15, 0.2) is 158 Å². The van der Waals surface area contributed by atoms with Crippen molar-refractivity contribution in [1.29, 1.82) is 0 Å². The van der Waals surface area contributed by atoms with Crippen molar-refractivity contribution < 1.29 is 0 Å². The molecule has 0 fully saturated rings. The first kappa shape index (κ1) is 44.7. The highest BCUT2D eigenvalue weighted by molar-refractivity contribution is 6.29. The van der Waals surface area contributed by atoms with Gasteiger partial charge in [-0.05, 0) is 203 Å². The summed E-state index contributed by atoms with van der Waals surface area (Å²) in [6.45, 7) is 27.4. The van der Waals surface area contributed by atoms with E-state index in [4.69, 9.17) is 0 Å². The second kappa shape index (κ2) is 17.5. The van der Waals surface area contributed by atoms with Gasteiger partial charge in [-0.25, -0.2) is 0 Å². The monoisotopic (exact) mass is 885 g/mol. The standard InChI is InChI=1S/C66H64N2/c1-39(2)55-37-61(67(57-25-15-13-19-41(57)5)59-35-49(29-27-43(59)7)63-45(9)21-17-22-46(63)10)53-34-32-52-56(40(3)4)38-62(54-33-31-51(55)65(53)66(52)54)68(58-26-16-14-20-42(58)6)60-36-50(30-28-44(60)8)64-47(11)23-18-24-48(64)12/h13-40H,1-12H3. The lowest BCUT2D eigenvalue weighted by Crippen LogP contribution is -2.15. The van der Waals surface area contributed by atoms with E-state index in [1.54, 1.807) is 0 Å². The fourth-order valence-corrected chi connectivity index (χ4v) is 11.3. The molecular formula is C66H64N2. The van der Waals surface area contributed by atoms with Crippen LogP contribution in [-0.4, -0.2) is 0 Å². The van der Waals surface area contributed by atoms with Gasteiger partial charge in [-0.2, -0.15) is 0 Å². The predicted octanol–water partition coefficient (Wildman–Crippen LogP) is 19.6. The van der Waals surface area contributed by atoms with Gasteiger partial charge in [0.05, 0.1) is 11.4 Å². The average Bonchev–Trinajstić information content (AvgIpc) is 3.31. The third kappa shape index (κ3) is 7.42. The maximum atomic E-state index is 2.58. The van der Waals surface area contributed by atoms with Crippen molar-refractivity contribution in [2.45, 2.75) is 94.9 Å². The minimum atomic E-state index is 0.280. The first-order valence-electron chi connectivity index (χ1n) is 24.6. The molecule has 0 aliphatic heterocycles. The number of benzene rings is 10. The van der Waals surface area contributed by atoms with Crippen LogP contribution in [0.1, 0.15) is 95.2 Å². The highest BCUT2D eigenvalue weighted by atomic mass is 15.2. The first-order chi connectivity index (χ1) is 32.7. The lowest BCUT2D eigenvalue weighted by Gasteiger charge is -2.33. The van der Waals surface area contributed by atoms with Gasteiger partial charge in [0.25, 0.3) is 0 Å². The zero-order valence-corrected chi connectivity index (χ0v) is 42.1. The van der Waals surface area contributed by atoms with E-state index in [1.165, 1.54) is 144 Å². The zero-order chi connectivity index (χ0) is 47.7. The Hall–Kier alpha value is -7.16. The van der Waals surface area contributed by atoms with Gasteiger partial charge < -0.3 is 9.80 Å². The second-order valence-electron chi connectivity index (χ2n) is 20.1. The minimum absolute atomic E-state index is 0.280. The van der Waals surface area contributed by atoms with Crippen LogP contribution in [-0.2, 0) is 0 Å². The van der Waals surface area contributed by atoms with Crippen molar-refractivity contribution in [2.75, 3.05) is 9.80 Å². The van der Waals surface area contributed by atoms with Crippen LogP contribution in [0.4, 0.5) is 34.1 Å². The van der Waals surface area contributed by atoms with Crippen LogP contribution in [0, 0.1) is 55.4 Å². The fraction of sp³-hybridized carbons (Fsp3) is 0.212. The average molecular weight is 885 g/mol. The molecule has 0 saturated carbocycles. The highest BCUT2D eigenvalue weighted by Gasteiger charge is 2.28. The van der Waals surface area contributed by atoms with E-state index in [0.29, 0.717) is 0 Å². The molecular weight excluding hydrogens is 821 g/mol. The number of aryl methyl sites for hydroxylation is 8. The number of para-hydroxylation sites is 2. The maximum absolute atomic E-state index is 2.58. The Morgan fingerprint density at radius 2 is 0.603 bits per heavy atom. The van der Waals surface area contributed by atoms with Gasteiger partial charge >= 0.3 is 0 Å². The summed E-state index contributed by atoms with van der Waals surface area (Å²) in [5, 5.41) is 7.82. The molecule has 0 aliphatic carbocycles. The zero-order valence-electron chi connectivity index (χ0n) is 42.1. The van der Waals surface area contributed by atoms with E-state index < -0.39 is 0 Å². The van der Waals surface area contributed by atoms with Gasteiger partial charge in [0.1, 0.15) is 0 Å². The first-order valence-corrected chi connectivity index (χ1v) is 24.6. The third-order valence-corrected chi connectivity index (χ3v) is 14.8. The van der Waals surface area contributed by atoms with Crippen molar-refractivity contribution in [2.24, 2.45) is 0 Å². The normalized spacial score (nSPS) is 11.8. The van der Waals surface area contributed by atoms with Crippen LogP contribution in [0.3, 0.4) is 0 Å². The largest absolute Gasteiger partial charge is 0.309 e. The molecule has 2 nitrogen and oxygen atoms in total. The molecule has 0 aromatic heterocycles. The van der Waals surface area contributed by atoms with E-state index >= 15 is 0 Å². The second-order valence-corrected chi connectivity index (χ2v) is 20.1. The van der Waals surface area contributed by atoms with E-state index in [-0.39, 0.29) is 11.8 Å². The van der Waals surface area contributed by atoms with Crippen LogP contribution >= 0.6 is 0 Å². The van der Waals surface area contributed by atoms with E-state index in [2.05, 4.69) is 251 Å². The molecule has 0 radical (unpaired) electrons. The Morgan fingerprint density at radius 1 is 0.279 bits per heavy atom. The smallest absolute Gasteiger partial charge is 0.0543 e. The number of nitrogens with zero attached hydrogens (tertiary/aromatic N) is 2. The number of hydrogen-bond donors (Lipinski definition) is 0. The Kier molecular flexibility index (Phi) is 11.5. The molecule has 10 aromatic rings. The molecule has 10 aromatic carbocycles. The number of rotatable bonds is 10. The summed E-state index contributed by atoms with van der Waals surface area (Å²) in [6, 6.07) is 60.0. The summed E-state index contributed by atoms with van der Waals surface area (Å²) >= 11 is 0. The van der Waals surface area contributed by atoms with Gasteiger partial charge in [0.2, 0.25) is 0 Å². The van der Waals surface area contributed by atoms with Gasteiger partial charge in [-0.1, -0.05) is 149 Å². The van der Waals surface area contributed by atoms with Crippen molar-refractivity contribution in [3.05, 3.63) is 213 Å². The molecule has 68 heavy (non-hydrogen) atoms. The maximum Gasteiger partial charge on any atom is 0.0543 e. The summed E-state index contributed by atoms with van der Waals surface area (Å²) in [7, 11) is 0. The Bertz CT molecular complexity index is 3290. The molecule has 0 heterocycles. The molecule has 0 saturated heterocycles. The lowest BCUT2D eigenvalue weighted by molar-refractivity contribution is 0.875. The van der Waals surface area contributed by atoms with Crippen LogP contribution in [0.2, 0.25) is 0 Å². The number of hydrogen-bond acceptors (Lipinski definition) is 2. The van der Waals surface area contributed by atoms with E-state index in [0.717, 1.165) is 0 Å². The van der Waals surface area contributed by atoms with Crippen molar-refractivity contribution in [3.8, 4) is 22.3 Å². The highest BCUT2D eigenvalue weighted by Crippen LogP contribution is 2.53. The molecule has 0 amide bonds. The SMILES string of the molecule is Cc1ccccc1N(c1cc(-c2c(C)cccc2C)ccc1C)c1cc(C(C)C)c2ccc3c(N(c4ccccc4C)c4cc(-c5c(C)cccc5C)ccc4C)cc(C(C)C)c4ccc1c2c43. The summed E-state index contributed by atoms with van der Waals surface area (Å²) in [5.41, 5.74) is 25.0. The van der Waals surface area contributed by atoms with Crippen LogP contribution in [0.5, 0.6) is 0 Å². The van der Waals surface area contributed by atoms with Gasteiger partial charge in [0, 0.05) is 33.5 Å². The van der Waals surface area contributed by atoms with Crippen LogP contribution in [0.25, 0.3) is 54.6 Å². The van der Waals surface area contributed by atoms with Crippen molar-refractivity contribution in [1.82, 2.24) is 0 Å². The molecule has 0 aliphatic rings. The molecule has 0 spiro atoms. The molecule has 0 N–H and O–H groups in total. The molecule has 0 atom stereocenters. The van der Waals surface area contributed by atoms with Crippen molar-refractivity contribution in [3.63, 3.8) is 0 Å². The van der Waals surface area contributed by atoms with E-state index in [9.17, 15) is 0 Å². The Labute approximate surface area is 404 Å². The van der Waals surface area contributed by atoms with Crippen LogP contribution < -0.4 is 9.80 Å². The molecule has 0 bridgehead atoms.